The van der Waals surface area contributed by atoms with Gasteiger partial charge in [-0.1, -0.05) is 62.9 Å². The highest BCUT2D eigenvalue weighted by molar-refractivity contribution is 5.21. The number of nitrogens with one attached hydrogen (secondary N) is 1. The van der Waals surface area contributed by atoms with Crippen LogP contribution in [0.5, 0.6) is 0 Å². The lowest BCUT2D eigenvalue weighted by Gasteiger charge is -2.25. The molecule has 2 aliphatic rings. The molecule has 116 valence electrons. The molecule has 0 bridgehead atoms. The van der Waals surface area contributed by atoms with E-state index in [0.717, 1.165) is 17.9 Å². The Morgan fingerprint density at radius 1 is 1.00 bits per heavy atom. The van der Waals surface area contributed by atoms with Gasteiger partial charge in [0, 0.05) is 12.1 Å². The highest BCUT2D eigenvalue weighted by Crippen LogP contribution is 2.42. The molecule has 0 amide bonds. The molecule has 2 saturated carbocycles. The molecule has 0 radical (unpaired) electrons. The molecule has 3 unspecified atom stereocenters. The summed E-state index contributed by atoms with van der Waals surface area (Å²) in [7, 11) is 0. The molecule has 0 aromatic heterocycles. The first-order valence-electron chi connectivity index (χ1n) is 9.17. The van der Waals surface area contributed by atoms with E-state index in [-0.39, 0.29) is 0 Å². The standard InChI is InChI=1S/C20H31N/c1-2-7-16-8-6-11-19(15-12-16)21-20(18-13-14-18)17-9-4-3-5-10-17/h3-5,9-10,16,18-21H,2,6-8,11-15H2,1H3. The Morgan fingerprint density at radius 3 is 2.52 bits per heavy atom. The Balaban J connectivity index is 1.58. The Kier molecular flexibility index (Phi) is 5.35. The van der Waals surface area contributed by atoms with E-state index in [1.807, 2.05) is 0 Å². The molecule has 1 aromatic rings. The van der Waals surface area contributed by atoms with E-state index < -0.39 is 0 Å². The van der Waals surface area contributed by atoms with E-state index in [9.17, 15) is 0 Å². The maximum atomic E-state index is 4.04. The second kappa shape index (κ2) is 7.45. The lowest BCUT2D eigenvalue weighted by molar-refractivity contribution is 0.364. The van der Waals surface area contributed by atoms with Gasteiger partial charge in [0.15, 0.2) is 0 Å². The predicted molar refractivity (Wildman–Crippen MR) is 90.3 cm³/mol. The van der Waals surface area contributed by atoms with Crippen LogP contribution >= 0.6 is 0 Å². The highest BCUT2D eigenvalue weighted by atomic mass is 15.0. The summed E-state index contributed by atoms with van der Waals surface area (Å²) in [5, 5.41) is 4.04. The molecular weight excluding hydrogens is 254 g/mol. The summed E-state index contributed by atoms with van der Waals surface area (Å²) in [6.45, 7) is 2.33. The van der Waals surface area contributed by atoms with Crippen LogP contribution in [0.4, 0.5) is 0 Å². The van der Waals surface area contributed by atoms with Crippen LogP contribution in [0.1, 0.15) is 76.3 Å². The van der Waals surface area contributed by atoms with Crippen LogP contribution in [0, 0.1) is 11.8 Å². The molecule has 2 aliphatic carbocycles. The Bertz CT molecular complexity index is 409. The van der Waals surface area contributed by atoms with Gasteiger partial charge in [-0.25, -0.2) is 0 Å². The van der Waals surface area contributed by atoms with Gasteiger partial charge in [0.05, 0.1) is 0 Å². The number of rotatable bonds is 6. The van der Waals surface area contributed by atoms with Crippen molar-refractivity contribution < 1.29 is 0 Å². The molecule has 1 heteroatoms. The maximum absolute atomic E-state index is 4.04. The summed E-state index contributed by atoms with van der Waals surface area (Å²) in [5.74, 6) is 1.89. The van der Waals surface area contributed by atoms with Crippen LogP contribution in [0.3, 0.4) is 0 Å². The predicted octanol–water partition coefficient (Wildman–Crippen LogP) is 5.48. The minimum atomic E-state index is 0.610. The van der Waals surface area contributed by atoms with Crippen molar-refractivity contribution in [1.29, 1.82) is 0 Å². The molecule has 3 rings (SSSR count). The Hall–Kier alpha value is -0.820. The fraction of sp³-hybridized carbons (Fsp3) is 0.700. The van der Waals surface area contributed by atoms with Crippen molar-refractivity contribution in [1.82, 2.24) is 5.32 Å². The first-order valence-corrected chi connectivity index (χ1v) is 9.17. The monoisotopic (exact) mass is 285 g/mol. The van der Waals surface area contributed by atoms with Crippen LogP contribution in [-0.4, -0.2) is 6.04 Å². The van der Waals surface area contributed by atoms with Crippen LogP contribution < -0.4 is 5.32 Å². The zero-order chi connectivity index (χ0) is 14.5. The van der Waals surface area contributed by atoms with Crippen LogP contribution in [0.15, 0.2) is 30.3 Å². The molecule has 0 heterocycles. The summed E-state index contributed by atoms with van der Waals surface area (Å²) < 4.78 is 0. The van der Waals surface area contributed by atoms with Gasteiger partial charge in [0.25, 0.3) is 0 Å². The van der Waals surface area contributed by atoms with Gasteiger partial charge in [-0.2, -0.15) is 0 Å². The smallest absolute Gasteiger partial charge is 0.0351 e. The van der Waals surface area contributed by atoms with E-state index in [1.165, 1.54) is 63.4 Å². The van der Waals surface area contributed by atoms with Crippen LogP contribution in [0.25, 0.3) is 0 Å². The molecule has 0 saturated heterocycles. The quantitative estimate of drug-likeness (QED) is 0.683. The van der Waals surface area contributed by atoms with Gasteiger partial charge in [-0.05, 0) is 49.5 Å². The molecule has 0 spiro atoms. The van der Waals surface area contributed by atoms with Gasteiger partial charge in [0.1, 0.15) is 0 Å². The van der Waals surface area contributed by atoms with Crippen molar-refractivity contribution in [2.45, 2.75) is 76.8 Å². The van der Waals surface area contributed by atoms with Crippen LogP contribution in [0.2, 0.25) is 0 Å². The van der Waals surface area contributed by atoms with Gasteiger partial charge in [0.2, 0.25) is 0 Å². The molecular formula is C20H31N. The maximum Gasteiger partial charge on any atom is 0.0351 e. The minimum Gasteiger partial charge on any atom is -0.307 e. The second-order valence-electron chi connectivity index (χ2n) is 7.25. The van der Waals surface area contributed by atoms with Crippen molar-refractivity contribution in [2.24, 2.45) is 11.8 Å². The lowest BCUT2D eigenvalue weighted by atomic mass is 9.95. The zero-order valence-corrected chi connectivity index (χ0v) is 13.6. The lowest BCUT2D eigenvalue weighted by Crippen LogP contribution is -2.33. The van der Waals surface area contributed by atoms with E-state index >= 15 is 0 Å². The van der Waals surface area contributed by atoms with E-state index in [1.54, 1.807) is 0 Å². The fourth-order valence-corrected chi connectivity index (χ4v) is 4.09. The summed E-state index contributed by atoms with van der Waals surface area (Å²) in [4.78, 5) is 0. The van der Waals surface area contributed by atoms with Crippen molar-refractivity contribution >= 4 is 0 Å². The van der Waals surface area contributed by atoms with E-state index in [4.69, 9.17) is 0 Å². The number of benzene rings is 1. The van der Waals surface area contributed by atoms with Gasteiger partial charge >= 0.3 is 0 Å². The van der Waals surface area contributed by atoms with E-state index in [0.29, 0.717) is 6.04 Å². The summed E-state index contributed by atoms with van der Waals surface area (Å²) >= 11 is 0. The minimum absolute atomic E-state index is 0.610. The van der Waals surface area contributed by atoms with Crippen molar-refractivity contribution in [3.8, 4) is 0 Å². The van der Waals surface area contributed by atoms with E-state index in [2.05, 4.69) is 42.6 Å². The average molecular weight is 285 g/mol. The molecule has 21 heavy (non-hydrogen) atoms. The summed E-state index contributed by atoms with van der Waals surface area (Å²) in [6, 6.07) is 12.5. The number of hydrogen-bond acceptors (Lipinski definition) is 1. The molecule has 1 nitrogen and oxygen atoms in total. The molecule has 2 fully saturated rings. The average Bonchev–Trinajstić information content (AvgIpc) is 3.34. The van der Waals surface area contributed by atoms with Crippen LogP contribution in [-0.2, 0) is 0 Å². The Morgan fingerprint density at radius 2 is 1.81 bits per heavy atom. The SMILES string of the molecule is CCCC1CCCC(NC(c2ccccc2)C2CC2)CC1. The summed E-state index contributed by atoms with van der Waals surface area (Å²) in [6.07, 6.45) is 12.7. The zero-order valence-electron chi connectivity index (χ0n) is 13.6. The van der Waals surface area contributed by atoms with Gasteiger partial charge in [-0.3, -0.25) is 0 Å². The highest BCUT2D eigenvalue weighted by Gasteiger charge is 2.33. The van der Waals surface area contributed by atoms with Crippen molar-refractivity contribution in [2.75, 3.05) is 0 Å². The van der Waals surface area contributed by atoms with Gasteiger partial charge < -0.3 is 5.32 Å². The summed E-state index contributed by atoms with van der Waals surface area (Å²) in [5.41, 5.74) is 1.51. The largest absolute Gasteiger partial charge is 0.307 e. The molecule has 3 atom stereocenters. The normalized spacial score (nSPS) is 28.0. The fourth-order valence-electron chi connectivity index (χ4n) is 4.09. The van der Waals surface area contributed by atoms with Crippen molar-refractivity contribution in [3.63, 3.8) is 0 Å². The number of hydrogen-bond donors (Lipinski definition) is 1. The third-order valence-corrected chi connectivity index (χ3v) is 5.45. The molecule has 1 aromatic carbocycles. The van der Waals surface area contributed by atoms with Crippen molar-refractivity contribution in [3.05, 3.63) is 35.9 Å². The third kappa shape index (κ3) is 4.32. The second-order valence-corrected chi connectivity index (χ2v) is 7.25. The van der Waals surface area contributed by atoms with Gasteiger partial charge in [-0.15, -0.1) is 0 Å². The molecule has 0 aliphatic heterocycles. The first-order chi connectivity index (χ1) is 10.4. The Labute approximate surface area is 130 Å². The first kappa shape index (κ1) is 15.1. The molecule has 1 N–H and O–H groups in total. The topological polar surface area (TPSA) is 12.0 Å². The third-order valence-electron chi connectivity index (χ3n) is 5.45.